The van der Waals surface area contributed by atoms with E-state index >= 15 is 0 Å². The maximum absolute atomic E-state index is 12.7. The van der Waals surface area contributed by atoms with Crippen LogP contribution in [0.4, 0.5) is 0 Å². The number of carbonyl (C=O) groups is 1. The van der Waals surface area contributed by atoms with Crippen molar-refractivity contribution in [1.29, 1.82) is 0 Å². The van der Waals surface area contributed by atoms with Gasteiger partial charge in [-0.2, -0.15) is 8.42 Å². The van der Waals surface area contributed by atoms with Crippen molar-refractivity contribution in [3.63, 3.8) is 0 Å². The third-order valence-corrected chi connectivity index (χ3v) is 3.93. The summed E-state index contributed by atoms with van der Waals surface area (Å²) < 4.78 is 38.2. The lowest BCUT2D eigenvalue weighted by molar-refractivity contribution is 0.0690. The summed E-state index contributed by atoms with van der Waals surface area (Å²) in [6.45, 7) is 4.82. The molecule has 0 unspecified atom stereocenters. The first-order chi connectivity index (χ1) is 12.2. The van der Waals surface area contributed by atoms with Crippen molar-refractivity contribution in [2.45, 2.75) is 20.4 Å². The number of benzene rings is 1. The summed E-state index contributed by atoms with van der Waals surface area (Å²) in [5.41, 5.74) is 0.713. The van der Waals surface area contributed by atoms with Crippen LogP contribution in [0.5, 0.6) is 11.5 Å². The van der Waals surface area contributed by atoms with Gasteiger partial charge in [0.2, 0.25) is 0 Å². The van der Waals surface area contributed by atoms with Gasteiger partial charge in [0, 0.05) is 13.1 Å². The first kappa shape index (κ1) is 19.8. The average molecular weight is 381 g/mol. The Morgan fingerprint density at radius 1 is 1.23 bits per heavy atom. The summed E-state index contributed by atoms with van der Waals surface area (Å²) >= 11 is 0. The highest BCUT2D eigenvalue weighted by atomic mass is 32.2. The number of furan rings is 1. The third-order valence-electron chi connectivity index (χ3n) is 3.45. The van der Waals surface area contributed by atoms with E-state index < -0.39 is 10.1 Å². The van der Waals surface area contributed by atoms with Crippen molar-refractivity contribution in [2.75, 3.05) is 19.9 Å². The number of nitrogens with zero attached hydrogens (tertiary/aromatic N) is 1. The van der Waals surface area contributed by atoms with E-state index in [9.17, 15) is 13.2 Å². The van der Waals surface area contributed by atoms with Crippen molar-refractivity contribution in [1.82, 2.24) is 4.90 Å². The quantitative estimate of drug-likeness (QED) is 0.654. The molecule has 8 heteroatoms. The molecule has 0 atom stereocenters. The molecule has 0 radical (unpaired) electrons. The molecular formula is C18H23NO6S. The van der Waals surface area contributed by atoms with Crippen LogP contribution in [0.3, 0.4) is 0 Å². The van der Waals surface area contributed by atoms with Crippen molar-refractivity contribution in [3.8, 4) is 11.5 Å². The first-order valence-electron chi connectivity index (χ1n) is 8.08. The second kappa shape index (κ2) is 8.27. The molecule has 142 valence electrons. The molecule has 0 aliphatic rings. The van der Waals surface area contributed by atoms with E-state index in [2.05, 4.69) is 0 Å². The van der Waals surface area contributed by atoms with Crippen LogP contribution in [0.25, 0.3) is 0 Å². The Balaban J connectivity index is 2.29. The molecule has 2 rings (SSSR count). The van der Waals surface area contributed by atoms with E-state index in [1.165, 1.54) is 13.4 Å². The van der Waals surface area contributed by atoms with Crippen LogP contribution in [0.1, 0.15) is 30.0 Å². The van der Waals surface area contributed by atoms with Crippen molar-refractivity contribution in [3.05, 3.63) is 47.9 Å². The van der Waals surface area contributed by atoms with Gasteiger partial charge in [0.1, 0.15) is 0 Å². The van der Waals surface area contributed by atoms with E-state index in [1.807, 2.05) is 13.8 Å². The minimum Gasteiger partial charge on any atom is -0.493 e. The smallest absolute Gasteiger partial charge is 0.306 e. The Morgan fingerprint density at radius 3 is 2.50 bits per heavy atom. The molecule has 26 heavy (non-hydrogen) atoms. The Bertz CT molecular complexity index is 843. The molecule has 0 fully saturated rings. The molecule has 0 saturated carbocycles. The lowest BCUT2D eigenvalue weighted by Crippen LogP contribution is -2.33. The van der Waals surface area contributed by atoms with E-state index in [0.29, 0.717) is 17.9 Å². The molecule has 1 aromatic carbocycles. The summed E-state index contributed by atoms with van der Waals surface area (Å²) in [6, 6.07) is 8.20. The predicted octanol–water partition coefficient (Wildman–Crippen LogP) is 2.93. The highest BCUT2D eigenvalue weighted by Gasteiger charge is 2.21. The molecule has 0 aliphatic carbocycles. The molecule has 0 saturated heterocycles. The Kier molecular flexibility index (Phi) is 6.31. The van der Waals surface area contributed by atoms with Crippen LogP contribution in [0, 0.1) is 5.92 Å². The van der Waals surface area contributed by atoms with Crippen molar-refractivity contribution in [2.24, 2.45) is 5.92 Å². The third kappa shape index (κ3) is 5.52. The lowest BCUT2D eigenvalue weighted by atomic mass is 10.1. The average Bonchev–Trinajstić information content (AvgIpc) is 3.06. The fraction of sp³-hybridized carbons (Fsp3) is 0.389. The fourth-order valence-corrected chi connectivity index (χ4v) is 2.94. The van der Waals surface area contributed by atoms with Gasteiger partial charge in [-0.15, -0.1) is 0 Å². The van der Waals surface area contributed by atoms with Crippen LogP contribution in [0.15, 0.2) is 41.0 Å². The number of amides is 1. The van der Waals surface area contributed by atoms with Crippen LogP contribution in [-0.2, 0) is 16.7 Å². The summed E-state index contributed by atoms with van der Waals surface area (Å²) in [4.78, 5) is 14.3. The Labute approximate surface area is 153 Å². The van der Waals surface area contributed by atoms with Gasteiger partial charge in [0.05, 0.1) is 19.6 Å². The molecule has 1 heterocycles. The number of carbonyl (C=O) groups excluding carboxylic acids is 1. The highest BCUT2D eigenvalue weighted by molar-refractivity contribution is 7.86. The summed E-state index contributed by atoms with van der Waals surface area (Å²) in [5.74, 6) is 0.658. The zero-order valence-electron chi connectivity index (χ0n) is 15.3. The van der Waals surface area contributed by atoms with Crippen LogP contribution >= 0.6 is 0 Å². The Hall–Kier alpha value is -2.48. The SMILES string of the molecule is COc1ccc(CN(CC(C)C)C(=O)c2ccco2)cc1OS(C)(=O)=O. The molecule has 0 spiro atoms. The van der Waals surface area contributed by atoms with Crippen LogP contribution in [0.2, 0.25) is 0 Å². The number of hydrogen-bond acceptors (Lipinski definition) is 6. The molecule has 0 aliphatic heterocycles. The summed E-state index contributed by atoms with van der Waals surface area (Å²) in [7, 11) is -2.28. The number of methoxy groups -OCH3 is 1. The van der Waals surface area contributed by atoms with Gasteiger partial charge in [0.15, 0.2) is 17.3 Å². The number of hydrogen-bond donors (Lipinski definition) is 0. The van der Waals surface area contributed by atoms with Crippen LogP contribution < -0.4 is 8.92 Å². The molecule has 2 aromatic rings. The van der Waals surface area contributed by atoms with Gasteiger partial charge in [-0.3, -0.25) is 4.79 Å². The second-order valence-corrected chi connectivity index (χ2v) is 7.90. The van der Waals surface area contributed by atoms with Gasteiger partial charge in [-0.1, -0.05) is 19.9 Å². The normalized spacial score (nSPS) is 11.4. The van der Waals surface area contributed by atoms with E-state index in [-0.39, 0.29) is 29.9 Å². The van der Waals surface area contributed by atoms with Gasteiger partial charge in [-0.25, -0.2) is 0 Å². The summed E-state index contributed by atoms with van der Waals surface area (Å²) in [5, 5.41) is 0. The minimum atomic E-state index is -3.70. The van der Waals surface area contributed by atoms with Crippen LogP contribution in [-0.4, -0.2) is 39.1 Å². The van der Waals surface area contributed by atoms with Crippen molar-refractivity contribution < 1.29 is 26.5 Å². The van der Waals surface area contributed by atoms with Gasteiger partial charge < -0.3 is 18.2 Å². The van der Waals surface area contributed by atoms with Gasteiger partial charge >= 0.3 is 10.1 Å². The lowest BCUT2D eigenvalue weighted by Gasteiger charge is -2.24. The standard InChI is InChI=1S/C18H23NO6S/c1-13(2)11-19(18(20)16-6-5-9-24-16)12-14-7-8-15(23-3)17(10-14)25-26(4,21)22/h5-10,13H,11-12H2,1-4H3. The largest absolute Gasteiger partial charge is 0.493 e. The summed E-state index contributed by atoms with van der Waals surface area (Å²) in [6.07, 6.45) is 2.41. The fourth-order valence-electron chi connectivity index (χ4n) is 2.48. The highest BCUT2D eigenvalue weighted by Crippen LogP contribution is 2.30. The molecule has 1 aromatic heterocycles. The second-order valence-electron chi connectivity index (χ2n) is 6.33. The predicted molar refractivity (Wildman–Crippen MR) is 96.8 cm³/mol. The van der Waals surface area contributed by atoms with Gasteiger partial charge in [0.25, 0.3) is 5.91 Å². The van der Waals surface area contributed by atoms with E-state index in [4.69, 9.17) is 13.3 Å². The molecule has 0 bridgehead atoms. The van der Waals surface area contributed by atoms with Gasteiger partial charge in [-0.05, 0) is 35.7 Å². The molecule has 1 amide bonds. The minimum absolute atomic E-state index is 0.0856. The first-order valence-corrected chi connectivity index (χ1v) is 9.90. The molecule has 0 N–H and O–H groups in total. The van der Waals surface area contributed by atoms with E-state index in [0.717, 1.165) is 6.26 Å². The zero-order chi connectivity index (χ0) is 19.3. The zero-order valence-corrected chi connectivity index (χ0v) is 16.1. The van der Waals surface area contributed by atoms with E-state index in [1.54, 1.807) is 35.2 Å². The van der Waals surface area contributed by atoms with Crippen molar-refractivity contribution >= 4 is 16.0 Å². The monoisotopic (exact) mass is 381 g/mol. The maximum atomic E-state index is 12.7. The molecular weight excluding hydrogens is 358 g/mol. The Morgan fingerprint density at radius 2 is 1.96 bits per heavy atom. The molecule has 7 nitrogen and oxygen atoms in total. The maximum Gasteiger partial charge on any atom is 0.306 e. The topological polar surface area (TPSA) is 86.0 Å². The number of rotatable bonds is 8. The number of ether oxygens (including phenoxy) is 1.